The molecule has 0 aliphatic carbocycles. The van der Waals surface area contributed by atoms with Crippen LogP contribution in [-0.2, 0) is 9.59 Å². The van der Waals surface area contributed by atoms with Gasteiger partial charge >= 0.3 is 0 Å². The van der Waals surface area contributed by atoms with Crippen LogP contribution in [0.5, 0.6) is 0 Å². The molecule has 8 heteroatoms. The van der Waals surface area contributed by atoms with Gasteiger partial charge in [0.1, 0.15) is 11.2 Å². The molecule has 0 spiro atoms. The summed E-state index contributed by atoms with van der Waals surface area (Å²) in [6.07, 6.45) is 2.49. The number of nitrogens with zero attached hydrogens (tertiary/aromatic N) is 1. The number of nitro benzene ring substituents is 1. The second-order valence-electron chi connectivity index (χ2n) is 4.59. The van der Waals surface area contributed by atoms with Gasteiger partial charge in [0.15, 0.2) is 0 Å². The Labute approximate surface area is 133 Å². The summed E-state index contributed by atoms with van der Waals surface area (Å²) >= 11 is 0.975. The third kappa shape index (κ3) is 6.23. The van der Waals surface area contributed by atoms with Crippen molar-refractivity contribution in [3.05, 3.63) is 34.4 Å². The molecule has 0 aromatic heterocycles. The SMILES string of the molecule is CCCCNC(=O)CC(C=O)NSc1ccccc1[N+](=O)[O-]. The minimum atomic E-state index is -0.702. The van der Waals surface area contributed by atoms with E-state index in [4.69, 9.17) is 0 Å². The Morgan fingerprint density at radius 1 is 1.45 bits per heavy atom. The van der Waals surface area contributed by atoms with Crippen LogP contribution in [0.1, 0.15) is 26.2 Å². The zero-order valence-corrected chi connectivity index (χ0v) is 13.1. The predicted molar refractivity (Wildman–Crippen MR) is 84.5 cm³/mol. The zero-order valence-electron chi connectivity index (χ0n) is 12.3. The lowest BCUT2D eigenvalue weighted by molar-refractivity contribution is -0.387. The van der Waals surface area contributed by atoms with E-state index in [1.165, 1.54) is 6.07 Å². The average Bonchev–Trinajstić information content (AvgIpc) is 2.51. The van der Waals surface area contributed by atoms with Crippen LogP contribution in [0.2, 0.25) is 0 Å². The van der Waals surface area contributed by atoms with E-state index in [9.17, 15) is 19.7 Å². The van der Waals surface area contributed by atoms with Gasteiger partial charge < -0.3 is 10.1 Å². The molecular formula is C14H19N3O4S. The van der Waals surface area contributed by atoms with Gasteiger partial charge in [0.2, 0.25) is 5.91 Å². The topological polar surface area (TPSA) is 101 Å². The molecule has 1 rings (SSSR count). The number of carbonyl (C=O) groups excluding carboxylic acids is 2. The first kappa shape index (κ1) is 18.1. The normalized spacial score (nSPS) is 11.7. The van der Waals surface area contributed by atoms with Gasteiger partial charge in [-0.2, -0.15) is 0 Å². The Hall–Kier alpha value is -1.93. The molecule has 7 nitrogen and oxygen atoms in total. The number of amides is 1. The molecule has 1 amide bonds. The number of hydrogen-bond acceptors (Lipinski definition) is 6. The fourth-order valence-electron chi connectivity index (χ4n) is 1.63. The van der Waals surface area contributed by atoms with E-state index in [0.29, 0.717) is 17.7 Å². The van der Waals surface area contributed by atoms with Crippen molar-refractivity contribution in [2.75, 3.05) is 6.54 Å². The van der Waals surface area contributed by atoms with Crippen LogP contribution in [0.3, 0.4) is 0 Å². The number of hydrogen-bond donors (Lipinski definition) is 2. The van der Waals surface area contributed by atoms with Gasteiger partial charge in [0.05, 0.1) is 11.0 Å². The molecule has 0 radical (unpaired) electrons. The largest absolute Gasteiger partial charge is 0.356 e. The molecule has 0 saturated carbocycles. The van der Waals surface area contributed by atoms with Crippen molar-refractivity contribution in [3.63, 3.8) is 0 Å². The Bertz CT molecular complexity index is 525. The molecule has 0 saturated heterocycles. The van der Waals surface area contributed by atoms with Gasteiger partial charge in [-0.3, -0.25) is 14.9 Å². The van der Waals surface area contributed by atoms with Crippen LogP contribution >= 0.6 is 11.9 Å². The maximum atomic E-state index is 11.6. The van der Waals surface area contributed by atoms with Gasteiger partial charge in [-0.1, -0.05) is 25.5 Å². The lowest BCUT2D eigenvalue weighted by Gasteiger charge is -2.12. The summed E-state index contributed by atoms with van der Waals surface area (Å²) < 4.78 is 2.79. The monoisotopic (exact) mass is 325 g/mol. The highest BCUT2D eigenvalue weighted by atomic mass is 32.2. The molecule has 0 heterocycles. The van der Waals surface area contributed by atoms with E-state index in [-0.39, 0.29) is 18.0 Å². The lowest BCUT2D eigenvalue weighted by atomic mass is 10.2. The fourth-order valence-corrected chi connectivity index (χ4v) is 2.44. The number of unbranched alkanes of at least 4 members (excludes halogenated alkanes) is 1. The first-order valence-corrected chi connectivity index (χ1v) is 7.78. The molecule has 1 aromatic rings. The third-order valence-corrected chi connectivity index (χ3v) is 3.79. The van der Waals surface area contributed by atoms with Crippen molar-refractivity contribution in [2.45, 2.75) is 37.1 Å². The zero-order chi connectivity index (χ0) is 16.4. The van der Waals surface area contributed by atoms with Gasteiger partial charge in [0, 0.05) is 19.0 Å². The summed E-state index contributed by atoms with van der Waals surface area (Å²) in [4.78, 5) is 33.5. The fraction of sp³-hybridized carbons (Fsp3) is 0.429. The minimum absolute atomic E-state index is 0.000839. The Kier molecular flexibility index (Phi) is 8.16. The number of aldehydes is 1. The molecule has 0 fully saturated rings. The quantitative estimate of drug-likeness (QED) is 0.224. The summed E-state index contributed by atoms with van der Waals surface area (Å²) in [5.41, 5.74) is -0.0444. The van der Waals surface area contributed by atoms with Gasteiger partial charge in [-0.05, 0) is 24.4 Å². The van der Waals surface area contributed by atoms with E-state index >= 15 is 0 Å². The highest BCUT2D eigenvalue weighted by Gasteiger charge is 2.17. The van der Waals surface area contributed by atoms with Crippen molar-refractivity contribution in [1.82, 2.24) is 10.0 Å². The van der Waals surface area contributed by atoms with E-state index < -0.39 is 11.0 Å². The number of nitro groups is 1. The van der Waals surface area contributed by atoms with Crippen LogP contribution < -0.4 is 10.0 Å². The van der Waals surface area contributed by atoms with E-state index in [1.54, 1.807) is 18.2 Å². The van der Waals surface area contributed by atoms with E-state index in [0.717, 1.165) is 24.8 Å². The van der Waals surface area contributed by atoms with Gasteiger partial charge in [-0.25, -0.2) is 4.72 Å². The maximum Gasteiger partial charge on any atom is 0.284 e. The molecular weight excluding hydrogens is 306 g/mol. The summed E-state index contributed by atoms with van der Waals surface area (Å²) in [7, 11) is 0. The summed E-state index contributed by atoms with van der Waals surface area (Å²) in [6.45, 7) is 2.60. The number of nitrogens with one attached hydrogen (secondary N) is 2. The van der Waals surface area contributed by atoms with Crippen molar-refractivity contribution >= 4 is 29.8 Å². The van der Waals surface area contributed by atoms with Crippen LogP contribution in [0.4, 0.5) is 5.69 Å². The molecule has 1 unspecified atom stereocenters. The molecule has 0 aliphatic rings. The average molecular weight is 325 g/mol. The second kappa shape index (κ2) is 9.91. The van der Waals surface area contributed by atoms with Gasteiger partial charge in [0.25, 0.3) is 5.69 Å². The Morgan fingerprint density at radius 2 is 2.18 bits per heavy atom. The van der Waals surface area contributed by atoms with Crippen LogP contribution in [0.25, 0.3) is 0 Å². The first-order chi connectivity index (χ1) is 10.6. The molecule has 120 valence electrons. The number of para-hydroxylation sites is 1. The van der Waals surface area contributed by atoms with Crippen molar-refractivity contribution in [3.8, 4) is 0 Å². The summed E-state index contributed by atoms with van der Waals surface area (Å²) in [5.74, 6) is -0.221. The van der Waals surface area contributed by atoms with E-state index in [1.807, 2.05) is 6.92 Å². The number of benzene rings is 1. The number of carbonyl (C=O) groups is 2. The van der Waals surface area contributed by atoms with Crippen LogP contribution in [0.15, 0.2) is 29.2 Å². The third-order valence-electron chi connectivity index (χ3n) is 2.80. The van der Waals surface area contributed by atoms with Crippen LogP contribution in [-0.4, -0.2) is 29.7 Å². The summed E-state index contributed by atoms with van der Waals surface area (Å²) in [5, 5.41) is 13.6. The highest BCUT2D eigenvalue weighted by molar-refractivity contribution is 7.97. The Morgan fingerprint density at radius 3 is 2.82 bits per heavy atom. The Balaban J connectivity index is 2.52. The second-order valence-corrected chi connectivity index (χ2v) is 5.47. The molecule has 2 N–H and O–H groups in total. The maximum absolute atomic E-state index is 11.6. The molecule has 0 aliphatic heterocycles. The van der Waals surface area contributed by atoms with Gasteiger partial charge in [-0.15, -0.1) is 0 Å². The molecule has 22 heavy (non-hydrogen) atoms. The number of rotatable bonds is 10. The van der Waals surface area contributed by atoms with E-state index in [2.05, 4.69) is 10.0 Å². The standard InChI is InChI=1S/C14H19N3O4S/c1-2-3-8-15-14(19)9-11(10-18)16-22-13-7-5-4-6-12(13)17(20)21/h4-7,10-11,16H,2-3,8-9H2,1H3,(H,15,19). The van der Waals surface area contributed by atoms with Crippen molar-refractivity contribution < 1.29 is 14.5 Å². The predicted octanol–water partition coefficient (Wildman–Crippen LogP) is 2.07. The highest BCUT2D eigenvalue weighted by Crippen LogP contribution is 2.26. The van der Waals surface area contributed by atoms with Crippen molar-refractivity contribution in [1.29, 1.82) is 0 Å². The minimum Gasteiger partial charge on any atom is -0.356 e. The smallest absolute Gasteiger partial charge is 0.284 e. The molecule has 1 aromatic carbocycles. The molecule has 0 bridgehead atoms. The molecule has 1 atom stereocenters. The van der Waals surface area contributed by atoms with Crippen molar-refractivity contribution in [2.24, 2.45) is 0 Å². The summed E-state index contributed by atoms with van der Waals surface area (Å²) in [6, 6.07) is 5.51. The van der Waals surface area contributed by atoms with Crippen LogP contribution in [0, 0.1) is 10.1 Å². The lowest BCUT2D eigenvalue weighted by Crippen LogP contribution is -2.34. The first-order valence-electron chi connectivity index (χ1n) is 6.96.